The third kappa shape index (κ3) is 2.97. The molecule has 110 valence electrons. The van der Waals surface area contributed by atoms with E-state index < -0.39 is 5.97 Å². The van der Waals surface area contributed by atoms with Crippen LogP contribution in [0.1, 0.15) is 49.6 Å². The Balaban J connectivity index is 2.03. The highest BCUT2D eigenvalue weighted by Gasteiger charge is 2.33. The molecule has 2 unspecified atom stereocenters. The largest absolute Gasteiger partial charge is 0.481 e. The van der Waals surface area contributed by atoms with E-state index >= 15 is 0 Å². The van der Waals surface area contributed by atoms with Crippen molar-refractivity contribution >= 4 is 11.9 Å². The molecule has 0 bridgehead atoms. The molecule has 1 aromatic heterocycles. The Morgan fingerprint density at radius 2 is 2.25 bits per heavy atom. The maximum atomic E-state index is 12.3. The molecular weight excluding hydrogens is 260 g/mol. The van der Waals surface area contributed by atoms with Gasteiger partial charge in [-0.15, -0.1) is 5.10 Å². The molecule has 1 fully saturated rings. The van der Waals surface area contributed by atoms with Crippen LogP contribution >= 0.6 is 0 Å². The van der Waals surface area contributed by atoms with Crippen LogP contribution in [0.2, 0.25) is 0 Å². The van der Waals surface area contributed by atoms with E-state index in [4.69, 9.17) is 5.11 Å². The molecule has 2 heterocycles. The zero-order valence-corrected chi connectivity index (χ0v) is 11.8. The van der Waals surface area contributed by atoms with Crippen LogP contribution in [0.4, 0.5) is 0 Å². The topological polar surface area (TPSA) is 99.2 Å². The molecule has 0 radical (unpaired) electrons. The monoisotopic (exact) mass is 280 g/mol. The van der Waals surface area contributed by atoms with Gasteiger partial charge in [-0.1, -0.05) is 6.92 Å². The first-order valence-electron chi connectivity index (χ1n) is 6.98. The van der Waals surface area contributed by atoms with Gasteiger partial charge in [0.15, 0.2) is 0 Å². The van der Waals surface area contributed by atoms with E-state index in [9.17, 15) is 9.59 Å². The quantitative estimate of drug-likeness (QED) is 0.859. The first-order chi connectivity index (χ1) is 9.52. The normalized spacial score (nSPS) is 22.8. The molecule has 0 saturated carbocycles. The maximum Gasteiger partial charge on any atom is 0.306 e. The van der Waals surface area contributed by atoms with Crippen molar-refractivity contribution in [2.24, 2.45) is 5.92 Å². The number of carbonyl (C=O) groups is 2. The van der Waals surface area contributed by atoms with Gasteiger partial charge in [0.2, 0.25) is 5.82 Å². The number of rotatable bonds is 4. The molecule has 0 spiro atoms. The van der Waals surface area contributed by atoms with Gasteiger partial charge in [0.25, 0.3) is 5.91 Å². The van der Waals surface area contributed by atoms with E-state index in [0.717, 1.165) is 12.8 Å². The smallest absolute Gasteiger partial charge is 0.306 e. The fraction of sp³-hybridized carbons (Fsp3) is 0.692. The number of piperidine rings is 1. The first kappa shape index (κ1) is 14.5. The van der Waals surface area contributed by atoms with Gasteiger partial charge in [0.1, 0.15) is 5.82 Å². The number of carboxylic acid groups (broad SMARTS) is 1. The number of nitrogens with zero attached hydrogens (tertiary/aromatic N) is 3. The molecule has 0 aliphatic carbocycles. The number of carboxylic acids is 1. The summed E-state index contributed by atoms with van der Waals surface area (Å²) < 4.78 is 0. The summed E-state index contributed by atoms with van der Waals surface area (Å²) in [5.41, 5.74) is 0. The van der Waals surface area contributed by atoms with Crippen LogP contribution in [-0.2, 0) is 11.2 Å². The van der Waals surface area contributed by atoms with Gasteiger partial charge < -0.3 is 10.0 Å². The molecule has 2 rings (SSSR count). The van der Waals surface area contributed by atoms with Gasteiger partial charge in [0.05, 0.1) is 5.92 Å². The predicted molar refractivity (Wildman–Crippen MR) is 71.2 cm³/mol. The Kier molecular flexibility index (Phi) is 4.36. The molecule has 1 aromatic rings. The molecule has 1 aliphatic heterocycles. The van der Waals surface area contributed by atoms with Crippen LogP contribution in [0.25, 0.3) is 0 Å². The average Bonchev–Trinajstić information content (AvgIpc) is 2.87. The maximum absolute atomic E-state index is 12.3. The van der Waals surface area contributed by atoms with E-state index in [1.807, 2.05) is 13.8 Å². The van der Waals surface area contributed by atoms with Gasteiger partial charge in [-0.05, 0) is 26.2 Å². The number of carbonyl (C=O) groups excluding carboxylic acids is 1. The Labute approximate surface area is 117 Å². The SMILES string of the molecule is CCCc1nc(C(=O)N2CCC(C(=O)O)CC2C)n[nH]1. The summed E-state index contributed by atoms with van der Waals surface area (Å²) in [6.07, 6.45) is 2.66. The van der Waals surface area contributed by atoms with Gasteiger partial charge in [-0.2, -0.15) is 0 Å². The second-order valence-corrected chi connectivity index (χ2v) is 5.26. The summed E-state index contributed by atoms with van der Waals surface area (Å²) in [4.78, 5) is 29.2. The fourth-order valence-corrected chi connectivity index (χ4v) is 2.57. The van der Waals surface area contributed by atoms with Crippen molar-refractivity contribution in [3.63, 3.8) is 0 Å². The van der Waals surface area contributed by atoms with Crippen molar-refractivity contribution in [3.05, 3.63) is 11.6 Å². The van der Waals surface area contributed by atoms with Crippen molar-refractivity contribution in [1.82, 2.24) is 20.1 Å². The van der Waals surface area contributed by atoms with Crippen LogP contribution in [-0.4, -0.2) is 49.7 Å². The summed E-state index contributed by atoms with van der Waals surface area (Å²) in [5.74, 6) is -0.484. The fourth-order valence-electron chi connectivity index (χ4n) is 2.57. The summed E-state index contributed by atoms with van der Waals surface area (Å²) in [6, 6.07) is -0.106. The molecule has 1 amide bonds. The highest BCUT2D eigenvalue weighted by Crippen LogP contribution is 2.24. The molecule has 0 aromatic carbocycles. The Hall–Kier alpha value is -1.92. The minimum atomic E-state index is -0.785. The summed E-state index contributed by atoms with van der Waals surface area (Å²) in [6.45, 7) is 4.34. The number of aryl methyl sites for hydroxylation is 1. The number of likely N-dealkylation sites (tertiary alicyclic amines) is 1. The lowest BCUT2D eigenvalue weighted by molar-refractivity contribution is -0.143. The number of hydrogen-bond acceptors (Lipinski definition) is 4. The van der Waals surface area contributed by atoms with Crippen molar-refractivity contribution in [2.75, 3.05) is 6.54 Å². The molecular formula is C13H20N4O3. The van der Waals surface area contributed by atoms with Crippen molar-refractivity contribution < 1.29 is 14.7 Å². The molecule has 7 nitrogen and oxygen atoms in total. The minimum absolute atomic E-state index is 0.106. The zero-order chi connectivity index (χ0) is 14.7. The number of nitrogens with one attached hydrogen (secondary N) is 1. The van der Waals surface area contributed by atoms with Gasteiger partial charge in [0, 0.05) is 19.0 Å². The molecule has 2 atom stereocenters. The lowest BCUT2D eigenvalue weighted by atomic mass is 9.91. The van der Waals surface area contributed by atoms with Crippen LogP contribution in [0.3, 0.4) is 0 Å². The molecule has 2 N–H and O–H groups in total. The number of aromatic amines is 1. The highest BCUT2D eigenvalue weighted by atomic mass is 16.4. The Morgan fingerprint density at radius 3 is 2.85 bits per heavy atom. The summed E-state index contributed by atoms with van der Waals surface area (Å²) in [7, 11) is 0. The van der Waals surface area contributed by atoms with E-state index in [2.05, 4.69) is 15.2 Å². The van der Waals surface area contributed by atoms with E-state index in [-0.39, 0.29) is 23.7 Å². The molecule has 20 heavy (non-hydrogen) atoms. The zero-order valence-electron chi connectivity index (χ0n) is 11.8. The molecule has 1 aliphatic rings. The van der Waals surface area contributed by atoms with Gasteiger partial charge in [-0.25, -0.2) is 4.98 Å². The van der Waals surface area contributed by atoms with Gasteiger partial charge in [-0.3, -0.25) is 14.7 Å². The predicted octanol–water partition coefficient (Wildman–Crippen LogP) is 1.08. The van der Waals surface area contributed by atoms with Crippen LogP contribution in [0, 0.1) is 5.92 Å². The number of aliphatic carboxylic acids is 1. The second-order valence-electron chi connectivity index (χ2n) is 5.26. The summed E-state index contributed by atoms with van der Waals surface area (Å²) in [5, 5.41) is 15.7. The van der Waals surface area contributed by atoms with Crippen LogP contribution in [0.5, 0.6) is 0 Å². The van der Waals surface area contributed by atoms with Crippen LogP contribution < -0.4 is 0 Å². The second kappa shape index (κ2) is 6.02. The summed E-state index contributed by atoms with van der Waals surface area (Å²) >= 11 is 0. The van der Waals surface area contributed by atoms with Crippen molar-refractivity contribution in [1.29, 1.82) is 0 Å². The van der Waals surface area contributed by atoms with Crippen molar-refractivity contribution in [2.45, 2.75) is 45.6 Å². The van der Waals surface area contributed by atoms with E-state index in [1.54, 1.807) is 4.90 Å². The number of aromatic nitrogens is 3. The first-order valence-corrected chi connectivity index (χ1v) is 6.98. The minimum Gasteiger partial charge on any atom is -0.481 e. The Bertz CT molecular complexity index is 500. The van der Waals surface area contributed by atoms with E-state index in [1.165, 1.54) is 0 Å². The lowest BCUT2D eigenvalue weighted by Gasteiger charge is -2.35. The van der Waals surface area contributed by atoms with Crippen LogP contribution in [0.15, 0.2) is 0 Å². The lowest BCUT2D eigenvalue weighted by Crippen LogP contribution is -2.46. The highest BCUT2D eigenvalue weighted by molar-refractivity contribution is 5.90. The molecule has 1 saturated heterocycles. The molecule has 7 heteroatoms. The van der Waals surface area contributed by atoms with Gasteiger partial charge >= 0.3 is 5.97 Å². The average molecular weight is 280 g/mol. The standard InChI is InChI=1S/C13H20N4O3/c1-3-4-10-14-11(16-15-10)12(18)17-6-5-9(13(19)20)7-8(17)2/h8-9H,3-7H2,1-2H3,(H,19,20)(H,14,15,16). The Morgan fingerprint density at radius 1 is 1.50 bits per heavy atom. The third-order valence-electron chi connectivity index (χ3n) is 3.70. The van der Waals surface area contributed by atoms with Crippen molar-refractivity contribution in [3.8, 4) is 0 Å². The number of amides is 1. The van der Waals surface area contributed by atoms with E-state index in [0.29, 0.717) is 25.2 Å². The number of hydrogen-bond donors (Lipinski definition) is 2. The third-order valence-corrected chi connectivity index (χ3v) is 3.70. The number of H-pyrrole nitrogens is 1.